The molecular formula is C14H19BrFNS. The fourth-order valence-electron chi connectivity index (χ4n) is 2.48. The number of benzene rings is 1. The van der Waals surface area contributed by atoms with Crippen molar-refractivity contribution >= 4 is 27.7 Å². The van der Waals surface area contributed by atoms with Gasteiger partial charge in [0.15, 0.2) is 0 Å². The second-order valence-electron chi connectivity index (χ2n) is 4.99. The highest BCUT2D eigenvalue weighted by atomic mass is 79.9. The number of hydrogen-bond acceptors (Lipinski definition) is 2. The van der Waals surface area contributed by atoms with Gasteiger partial charge in [0.05, 0.1) is 0 Å². The van der Waals surface area contributed by atoms with E-state index in [-0.39, 0.29) is 11.9 Å². The Morgan fingerprint density at radius 2 is 2.11 bits per heavy atom. The third-order valence-corrected chi connectivity index (χ3v) is 5.01. The van der Waals surface area contributed by atoms with E-state index in [0.717, 1.165) is 22.4 Å². The molecule has 1 aromatic rings. The molecule has 1 unspecified atom stereocenters. The summed E-state index contributed by atoms with van der Waals surface area (Å²) in [5.41, 5.74) is 6.89. The Morgan fingerprint density at radius 1 is 1.39 bits per heavy atom. The van der Waals surface area contributed by atoms with Gasteiger partial charge in [-0.2, -0.15) is 11.8 Å². The van der Waals surface area contributed by atoms with Gasteiger partial charge >= 0.3 is 0 Å². The van der Waals surface area contributed by atoms with Gasteiger partial charge in [0.25, 0.3) is 0 Å². The van der Waals surface area contributed by atoms with Gasteiger partial charge in [0, 0.05) is 10.5 Å². The summed E-state index contributed by atoms with van der Waals surface area (Å²) in [6, 6.07) is 5.14. The van der Waals surface area contributed by atoms with Crippen LogP contribution in [0.5, 0.6) is 0 Å². The SMILES string of the molecule is NC(Cc1cc(Br)ccc1F)CC1CCSCC1. The highest BCUT2D eigenvalue weighted by Crippen LogP contribution is 2.27. The lowest BCUT2D eigenvalue weighted by Crippen LogP contribution is -2.28. The first-order valence-electron chi connectivity index (χ1n) is 6.42. The summed E-state index contributed by atoms with van der Waals surface area (Å²) in [6.45, 7) is 0. The number of hydrogen-bond donors (Lipinski definition) is 1. The largest absolute Gasteiger partial charge is 0.327 e. The van der Waals surface area contributed by atoms with Crippen LogP contribution < -0.4 is 5.73 Å². The lowest BCUT2D eigenvalue weighted by Gasteiger charge is -2.24. The molecule has 1 aliphatic rings. The monoisotopic (exact) mass is 331 g/mol. The van der Waals surface area contributed by atoms with Crippen LogP contribution in [0.3, 0.4) is 0 Å². The van der Waals surface area contributed by atoms with E-state index in [2.05, 4.69) is 15.9 Å². The second-order valence-corrected chi connectivity index (χ2v) is 7.13. The molecule has 0 bridgehead atoms. The Kier molecular flexibility index (Phi) is 5.52. The fourth-order valence-corrected chi connectivity index (χ4v) is 4.09. The predicted molar refractivity (Wildman–Crippen MR) is 80.4 cm³/mol. The van der Waals surface area contributed by atoms with E-state index in [1.807, 2.05) is 17.8 Å². The Bertz CT molecular complexity index is 393. The van der Waals surface area contributed by atoms with Crippen molar-refractivity contribution in [2.24, 2.45) is 11.7 Å². The average molecular weight is 332 g/mol. The molecule has 1 aromatic carbocycles. The molecule has 1 nitrogen and oxygen atoms in total. The Morgan fingerprint density at radius 3 is 2.83 bits per heavy atom. The molecule has 1 fully saturated rings. The minimum atomic E-state index is -0.146. The van der Waals surface area contributed by atoms with Crippen molar-refractivity contribution in [2.75, 3.05) is 11.5 Å². The maximum Gasteiger partial charge on any atom is 0.126 e. The Labute approximate surface area is 121 Å². The van der Waals surface area contributed by atoms with Crippen molar-refractivity contribution < 1.29 is 4.39 Å². The number of thioether (sulfide) groups is 1. The zero-order chi connectivity index (χ0) is 13.0. The van der Waals surface area contributed by atoms with Gasteiger partial charge in [-0.25, -0.2) is 4.39 Å². The zero-order valence-corrected chi connectivity index (χ0v) is 12.8. The van der Waals surface area contributed by atoms with Crippen LogP contribution in [-0.4, -0.2) is 17.5 Å². The van der Waals surface area contributed by atoms with Crippen LogP contribution in [0.25, 0.3) is 0 Å². The number of rotatable bonds is 4. The van der Waals surface area contributed by atoms with Crippen LogP contribution in [0.2, 0.25) is 0 Å². The van der Waals surface area contributed by atoms with Gasteiger partial charge < -0.3 is 5.73 Å². The van der Waals surface area contributed by atoms with Crippen LogP contribution in [-0.2, 0) is 6.42 Å². The second kappa shape index (κ2) is 6.92. The summed E-state index contributed by atoms with van der Waals surface area (Å²) in [5.74, 6) is 3.09. The van der Waals surface area contributed by atoms with Crippen molar-refractivity contribution in [2.45, 2.75) is 31.7 Å². The van der Waals surface area contributed by atoms with E-state index in [0.29, 0.717) is 6.42 Å². The molecule has 4 heteroatoms. The van der Waals surface area contributed by atoms with Gasteiger partial charge in [-0.3, -0.25) is 0 Å². The molecule has 0 saturated carbocycles. The molecule has 18 heavy (non-hydrogen) atoms. The first-order valence-corrected chi connectivity index (χ1v) is 8.37. The summed E-state index contributed by atoms with van der Waals surface area (Å²) >= 11 is 5.40. The summed E-state index contributed by atoms with van der Waals surface area (Å²) < 4.78 is 14.5. The molecule has 0 radical (unpaired) electrons. The van der Waals surface area contributed by atoms with Crippen LogP contribution in [0.15, 0.2) is 22.7 Å². The van der Waals surface area contributed by atoms with Crippen LogP contribution in [0.4, 0.5) is 4.39 Å². The third kappa shape index (κ3) is 4.25. The maximum atomic E-state index is 13.6. The summed E-state index contributed by atoms with van der Waals surface area (Å²) in [5, 5.41) is 0. The fraction of sp³-hybridized carbons (Fsp3) is 0.571. The van der Waals surface area contributed by atoms with E-state index in [9.17, 15) is 4.39 Å². The smallest absolute Gasteiger partial charge is 0.126 e. The molecule has 0 amide bonds. The molecular weight excluding hydrogens is 313 g/mol. The first kappa shape index (κ1) is 14.4. The normalized spacial score (nSPS) is 18.8. The predicted octanol–water partition coefficient (Wildman–Crippen LogP) is 3.99. The van der Waals surface area contributed by atoms with Gasteiger partial charge in [-0.05, 0) is 66.9 Å². The van der Waals surface area contributed by atoms with Crippen molar-refractivity contribution in [3.8, 4) is 0 Å². The quantitative estimate of drug-likeness (QED) is 0.902. The third-order valence-electron chi connectivity index (χ3n) is 3.47. The molecule has 1 aliphatic heterocycles. The molecule has 100 valence electrons. The molecule has 0 spiro atoms. The standard InChI is InChI=1S/C14H19BrFNS/c15-12-1-2-14(16)11(8-12)9-13(17)7-10-3-5-18-6-4-10/h1-2,8,10,13H,3-7,9,17H2. The van der Waals surface area contributed by atoms with E-state index < -0.39 is 0 Å². The lowest BCUT2D eigenvalue weighted by atomic mass is 9.91. The van der Waals surface area contributed by atoms with Crippen LogP contribution in [0, 0.1) is 11.7 Å². The lowest BCUT2D eigenvalue weighted by molar-refractivity contribution is 0.403. The Hall–Kier alpha value is -0.0600. The molecule has 0 aromatic heterocycles. The summed E-state index contributed by atoms with van der Waals surface area (Å²) in [6.07, 6.45) is 4.18. The molecule has 1 heterocycles. The van der Waals surface area contributed by atoms with Crippen molar-refractivity contribution in [3.05, 3.63) is 34.1 Å². The zero-order valence-electron chi connectivity index (χ0n) is 10.4. The minimum Gasteiger partial charge on any atom is -0.327 e. The van der Waals surface area contributed by atoms with E-state index in [1.54, 1.807) is 6.07 Å². The van der Waals surface area contributed by atoms with Gasteiger partial charge in [0.2, 0.25) is 0 Å². The number of nitrogens with two attached hydrogens (primary N) is 1. The minimum absolute atomic E-state index is 0.0712. The summed E-state index contributed by atoms with van der Waals surface area (Å²) in [7, 11) is 0. The highest BCUT2D eigenvalue weighted by Gasteiger charge is 2.18. The molecule has 2 rings (SSSR count). The molecule has 0 aliphatic carbocycles. The van der Waals surface area contributed by atoms with E-state index in [1.165, 1.54) is 30.4 Å². The molecule has 1 atom stereocenters. The van der Waals surface area contributed by atoms with Gasteiger partial charge in [0.1, 0.15) is 5.82 Å². The van der Waals surface area contributed by atoms with Crippen molar-refractivity contribution in [3.63, 3.8) is 0 Å². The molecule has 2 N–H and O–H groups in total. The summed E-state index contributed by atoms with van der Waals surface area (Å²) in [4.78, 5) is 0. The van der Waals surface area contributed by atoms with Crippen LogP contribution >= 0.6 is 27.7 Å². The molecule has 1 saturated heterocycles. The van der Waals surface area contributed by atoms with Crippen molar-refractivity contribution in [1.82, 2.24) is 0 Å². The first-order chi connectivity index (χ1) is 8.65. The van der Waals surface area contributed by atoms with Gasteiger partial charge in [-0.15, -0.1) is 0 Å². The van der Waals surface area contributed by atoms with Crippen LogP contribution in [0.1, 0.15) is 24.8 Å². The van der Waals surface area contributed by atoms with Gasteiger partial charge in [-0.1, -0.05) is 15.9 Å². The maximum absolute atomic E-state index is 13.6. The topological polar surface area (TPSA) is 26.0 Å². The average Bonchev–Trinajstić information content (AvgIpc) is 2.35. The van der Waals surface area contributed by atoms with E-state index in [4.69, 9.17) is 5.73 Å². The van der Waals surface area contributed by atoms with E-state index >= 15 is 0 Å². The Balaban J connectivity index is 1.89. The highest BCUT2D eigenvalue weighted by molar-refractivity contribution is 9.10. The van der Waals surface area contributed by atoms with Crippen molar-refractivity contribution in [1.29, 1.82) is 0 Å². The number of halogens is 2.